The van der Waals surface area contributed by atoms with E-state index in [-0.39, 0.29) is 6.04 Å². The summed E-state index contributed by atoms with van der Waals surface area (Å²) in [6, 6.07) is 14.1. The largest absolute Gasteiger partial charge is 0.444 e. The molecule has 5 rings (SSSR count). The molecule has 1 aliphatic heterocycles. The lowest BCUT2D eigenvalue weighted by Crippen LogP contribution is -2.40. The molecule has 0 aliphatic carbocycles. The average Bonchev–Trinajstić information content (AvgIpc) is 3.49. The Balaban J connectivity index is 1.29. The number of halogens is 1. The second-order valence-corrected chi connectivity index (χ2v) is 10.8. The third-order valence-corrected chi connectivity index (χ3v) is 6.43. The van der Waals surface area contributed by atoms with Crippen LogP contribution in [0.25, 0.3) is 16.9 Å². The molecule has 1 aromatic carbocycles. The number of ether oxygens (including phenoxy) is 1. The van der Waals surface area contributed by atoms with Crippen LogP contribution in [0.2, 0.25) is 0 Å². The number of hydrogen-bond acceptors (Lipinski definition) is 8. The predicted octanol–water partition coefficient (Wildman–Crippen LogP) is 4.66. The van der Waals surface area contributed by atoms with Gasteiger partial charge in [0.05, 0.1) is 22.4 Å². The normalized spacial score (nSPS) is 15.7. The van der Waals surface area contributed by atoms with Crippen molar-refractivity contribution in [1.29, 1.82) is 0 Å². The number of anilines is 2. The lowest BCUT2D eigenvalue weighted by Gasteiger charge is -2.22. The lowest BCUT2D eigenvalue weighted by molar-refractivity contribution is 0.0509. The molecule has 4 aromatic rings. The van der Waals surface area contributed by atoms with E-state index in [9.17, 15) is 4.79 Å². The molecule has 1 amide bonds. The van der Waals surface area contributed by atoms with Crippen molar-refractivity contribution in [3.05, 3.63) is 64.9 Å². The minimum atomic E-state index is -0.538. The first kappa shape index (κ1) is 24.9. The van der Waals surface area contributed by atoms with Crippen LogP contribution >= 0.6 is 15.9 Å². The number of fused-ring (bicyclic) bond motifs is 1. The van der Waals surface area contributed by atoms with Crippen molar-refractivity contribution in [3.63, 3.8) is 0 Å². The van der Waals surface area contributed by atoms with E-state index in [0.29, 0.717) is 30.6 Å². The molecule has 0 bridgehead atoms. The molecule has 4 heterocycles. The van der Waals surface area contributed by atoms with Gasteiger partial charge in [0.1, 0.15) is 5.60 Å². The fourth-order valence-electron chi connectivity index (χ4n) is 4.14. The van der Waals surface area contributed by atoms with Crippen LogP contribution in [0.5, 0.6) is 0 Å². The summed E-state index contributed by atoms with van der Waals surface area (Å²) in [5, 5.41) is 10.8. The predicted molar refractivity (Wildman–Crippen MR) is 145 cm³/mol. The minimum absolute atomic E-state index is 0.0444. The fourth-order valence-corrected chi connectivity index (χ4v) is 4.49. The SMILES string of the molecule is CC(C)(C)OC(=O)N[C@H]1CCN(c2nc(NCc3ccc(-c4ccccn4)cc3)n3ncc(Br)c3n2)C1. The van der Waals surface area contributed by atoms with Crippen LogP contribution in [-0.2, 0) is 11.3 Å². The highest BCUT2D eigenvalue weighted by atomic mass is 79.9. The van der Waals surface area contributed by atoms with Gasteiger partial charge in [0.2, 0.25) is 11.9 Å². The number of carbonyl (C=O) groups excluding carboxylic acids is 1. The molecule has 1 atom stereocenters. The third-order valence-electron chi connectivity index (χ3n) is 5.87. The van der Waals surface area contributed by atoms with Gasteiger partial charge in [-0.05, 0) is 60.8 Å². The molecule has 0 saturated carbocycles. The maximum absolute atomic E-state index is 12.2. The van der Waals surface area contributed by atoms with Crippen LogP contribution in [0.15, 0.2) is 59.3 Å². The highest BCUT2D eigenvalue weighted by Crippen LogP contribution is 2.24. The van der Waals surface area contributed by atoms with Gasteiger partial charge in [-0.15, -0.1) is 0 Å². The van der Waals surface area contributed by atoms with Gasteiger partial charge in [-0.25, -0.2) is 4.79 Å². The quantitative estimate of drug-likeness (QED) is 0.348. The van der Waals surface area contributed by atoms with Crippen LogP contribution in [0.3, 0.4) is 0 Å². The lowest BCUT2D eigenvalue weighted by atomic mass is 10.1. The van der Waals surface area contributed by atoms with Crippen molar-refractivity contribution in [1.82, 2.24) is 29.9 Å². The number of benzene rings is 1. The molecule has 2 N–H and O–H groups in total. The van der Waals surface area contributed by atoms with Crippen molar-refractivity contribution in [2.24, 2.45) is 0 Å². The number of amides is 1. The molecule has 3 aromatic heterocycles. The Morgan fingerprint density at radius 2 is 1.97 bits per heavy atom. The van der Waals surface area contributed by atoms with E-state index >= 15 is 0 Å². The molecule has 1 fully saturated rings. The number of alkyl carbamates (subject to hydrolysis) is 1. The molecular weight excluding hydrogens is 536 g/mol. The molecule has 11 heteroatoms. The molecule has 1 aliphatic rings. The second-order valence-electron chi connectivity index (χ2n) is 9.92. The van der Waals surface area contributed by atoms with Crippen molar-refractivity contribution in [2.45, 2.75) is 45.4 Å². The number of carbonyl (C=O) groups is 1. The Morgan fingerprint density at radius 3 is 2.70 bits per heavy atom. The van der Waals surface area contributed by atoms with E-state index in [1.165, 1.54) is 0 Å². The molecule has 37 heavy (non-hydrogen) atoms. The smallest absolute Gasteiger partial charge is 0.407 e. The van der Waals surface area contributed by atoms with E-state index in [4.69, 9.17) is 14.7 Å². The first-order chi connectivity index (χ1) is 17.7. The zero-order chi connectivity index (χ0) is 26.0. The number of aromatic nitrogens is 5. The van der Waals surface area contributed by atoms with Gasteiger partial charge in [-0.2, -0.15) is 19.6 Å². The van der Waals surface area contributed by atoms with Gasteiger partial charge in [0.15, 0.2) is 5.65 Å². The van der Waals surface area contributed by atoms with Crippen molar-refractivity contribution in [3.8, 4) is 11.3 Å². The summed E-state index contributed by atoms with van der Waals surface area (Å²) < 4.78 is 7.86. The summed E-state index contributed by atoms with van der Waals surface area (Å²) in [4.78, 5) is 28.2. The van der Waals surface area contributed by atoms with Crippen molar-refractivity contribution in [2.75, 3.05) is 23.3 Å². The molecule has 1 saturated heterocycles. The molecule has 0 spiro atoms. The topological polar surface area (TPSA) is 110 Å². The zero-order valence-corrected chi connectivity index (χ0v) is 22.6. The molecule has 192 valence electrons. The van der Waals surface area contributed by atoms with E-state index in [1.54, 1.807) is 16.9 Å². The molecule has 10 nitrogen and oxygen atoms in total. The maximum Gasteiger partial charge on any atom is 0.407 e. The average molecular weight is 565 g/mol. The highest BCUT2D eigenvalue weighted by Gasteiger charge is 2.28. The monoisotopic (exact) mass is 564 g/mol. The zero-order valence-electron chi connectivity index (χ0n) is 21.0. The number of rotatable bonds is 6. The van der Waals surface area contributed by atoms with E-state index in [2.05, 4.69) is 65.8 Å². The van der Waals surface area contributed by atoms with Gasteiger partial charge >= 0.3 is 6.09 Å². The Bertz CT molecular complexity index is 1390. The summed E-state index contributed by atoms with van der Waals surface area (Å²) in [5.41, 5.74) is 3.24. The van der Waals surface area contributed by atoms with Crippen molar-refractivity contribution >= 4 is 39.6 Å². The number of nitrogens with zero attached hydrogens (tertiary/aromatic N) is 6. The second kappa shape index (κ2) is 10.3. The number of nitrogens with one attached hydrogen (secondary N) is 2. The first-order valence-corrected chi connectivity index (χ1v) is 12.9. The minimum Gasteiger partial charge on any atom is -0.444 e. The van der Waals surface area contributed by atoms with Gasteiger partial charge < -0.3 is 20.3 Å². The van der Waals surface area contributed by atoms with Gasteiger partial charge in [-0.3, -0.25) is 4.98 Å². The summed E-state index contributed by atoms with van der Waals surface area (Å²) >= 11 is 3.54. The third kappa shape index (κ3) is 5.99. The van der Waals surface area contributed by atoms with E-state index in [1.807, 2.05) is 39.0 Å². The van der Waals surface area contributed by atoms with Gasteiger partial charge in [0.25, 0.3) is 0 Å². The Labute approximate surface area is 223 Å². The fraction of sp³-hybridized carbons (Fsp3) is 0.346. The summed E-state index contributed by atoms with van der Waals surface area (Å²) in [7, 11) is 0. The Hall–Kier alpha value is -3.73. The number of pyridine rings is 1. The van der Waals surface area contributed by atoms with Crippen LogP contribution < -0.4 is 15.5 Å². The molecule has 0 unspecified atom stereocenters. The van der Waals surface area contributed by atoms with E-state index < -0.39 is 11.7 Å². The van der Waals surface area contributed by atoms with Gasteiger partial charge in [0, 0.05) is 31.4 Å². The summed E-state index contributed by atoms with van der Waals surface area (Å²) in [5.74, 6) is 1.17. The standard InChI is InChI=1S/C26H29BrN8O2/c1-26(2,3)37-25(36)31-19-11-13-34(16-19)24-32-22-20(27)15-30-35(22)23(33-24)29-14-17-7-9-18(10-8-17)21-6-4-5-12-28-21/h4-10,12,15,19H,11,13-14,16H2,1-3H3,(H,31,36)(H,29,32,33)/t19-/m0/s1. The summed E-state index contributed by atoms with van der Waals surface area (Å²) in [6.45, 7) is 7.43. The summed E-state index contributed by atoms with van der Waals surface area (Å²) in [6.07, 6.45) is 3.86. The number of hydrogen-bond donors (Lipinski definition) is 2. The Morgan fingerprint density at radius 1 is 1.16 bits per heavy atom. The van der Waals surface area contributed by atoms with Crippen LogP contribution in [0.1, 0.15) is 32.8 Å². The van der Waals surface area contributed by atoms with Crippen molar-refractivity contribution < 1.29 is 9.53 Å². The van der Waals surface area contributed by atoms with Gasteiger partial charge in [-0.1, -0.05) is 30.3 Å². The Kier molecular flexibility index (Phi) is 6.96. The van der Waals surface area contributed by atoms with Crippen LogP contribution in [0, 0.1) is 0 Å². The maximum atomic E-state index is 12.2. The van der Waals surface area contributed by atoms with E-state index in [0.717, 1.165) is 34.3 Å². The van der Waals surface area contributed by atoms with Crippen LogP contribution in [0.4, 0.5) is 16.7 Å². The molecular formula is C26H29BrN8O2. The van der Waals surface area contributed by atoms with Crippen LogP contribution in [-0.4, -0.2) is 55.4 Å². The first-order valence-electron chi connectivity index (χ1n) is 12.2. The highest BCUT2D eigenvalue weighted by molar-refractivity contribution is 9.10. The molecule has 0 radical (unpaired) electrons.